The maximum absolute atomic E-state index is 14.2. The summed E-state index contributed by atoms with van der Waals surface area (Å²) in [6.45, 7) is -1.59. The van der Waals surface area contributed by atoms with E-state index in [0.717, 1.165) is 12.1 Å². The molecule has 1 N–H and O–H groups in total. The number of hydrogen-bond acceptors (Lipinski definition) is 4. The maximum atomic E-state index is 14.2. The molecule has 0 aliphatic rings. The molecule has 49 heavy (non-hydrogen) atoms. The SMILES string of the molecule is O=C(NC(C(=O)OCCCC(F)(F)C(F)(F)C(F)(F)C(F)(F)C(F)(F)C(F)(F)C(F)(F)C(F)(F)F)C(=O)c1ccccc1)c1ccccc1. The molecule has 0 aromatic heterocycles. The Morgan fingerprint density at radius 1 is 0.551 bits per heavy atom. The van der Waals surface area contributed by atoms with Crippen molar-refractivity contribution in [2.75, 3.05) is 6.61 Å². The number of Topliss-reactive ketones (excluding diaryl/α,β-unsaturated/α-hetero) is 1. The lowest BCUT2D eigenvalue weighted by molar-refractivity contribution is -0.461. The number of ether oxygens (including phenoxy) is 1. The Morgan fingerprint density at radius 3 is 1.37 bits per heavy atom. The normalized spacial score (nSPS) is 14.6. The van der Waals surface area contributed by atoms with E-state index in [4.69, 9.17) is 0 Å². The molecule has 0 saturated heterocycles. The van der Waals surface area contributed by atoms with Crippen LogP contribution in [0, 0.1) is 0 Å². The lowest BCUT2D eigenvalue weighted by Crippen LogP contribution is -2.74. The minimum atomic E-state index is -8.75. The van der Waals surface area contributed by atoms with E-state index in [-0.39, 0.29) is 11.1 Å². The highest BCUT2D eigenvalue weighted by Gasteiger charge is 2.95. The van der Waals surface area contributed by atoms with Crippen LogP contribution in [0.4, 0.5) is 74.6 Å². The summed E-state index contributed by atoms with van der Waals surface area (Å²) in [6.07, 6.45) is -12.5. The number of hydrogen-bond donors (Lipinski definition) is 1. The number of carbonyl (C=O) groups excluding carboxylic acids is 3. The highest BCUT2D eigenvalue weighted by molar-refractivity contribution is 6.14. The molecular formula is C27H18F17NO4. The molecule has 1 atom stereocenters. The van der Waals surface area contributed by atoms with Crippen molar-refractivity contribution < 1.29 is 93.8 Å². The summed E-state index contributed by atoms with van der Waals surface area (Å²) >= 11 is 0. The molecular weight excluding hydrogens is 725 g/mol. The molecule has 1 amide bonds. The molecule has 22 heteroatoms. The van der Waals surface area contributed by atoms with Crippen molar-refractivity contribution in [3.8, 4) is 0 Å². The van der Waals surface area contributed by atoms with Gasteiger partial charge in [-0.25, -0.2) is 4.79 Å². The van der Waals surface area contributed by atoms with Crippen LogP contribution in [-0.2, 0) is 9.53 Å². The van der Waals surface area contributed by atoms with Crippen LogP contribution in [0.15, 0.2) is 60.7 Å². The van der Waals surface area contributed by atoms with Gasteiger partial charge in [0.1, 0.15) is 0 Å². The smallest absolute Gasteiger partial charge is 0.460 e. The molecule has 0 fully saturated rings. The van der Waals surface area contributed by atoms with Crippen LogP contribution in [0.25, 0.3) is 0 Å². The fraction of sp³-hybridized carbons (Fsp3) is 0.444. The number of esters is 1. The molecule has 1 unspecified atom stereocenters. The number of rotatable bonds is 15. The van der Waals surface area contributed by atoms with Gasteiger partial charge in [-0.05, 0) is 18.6 Å². The van der Waals surface area contributed by atoms with Gasteiger partial charge in [0.25, 0.3) is 5.91 Å². The van der Waals surface area contributed by atoms with E-state index >= 15 is 0 Å². The Bertz CT molecular complexity index is 1480. The summed E-state index contributed by atoms with van der Waals surface area (Å²) in [5.41, 5.74) is -0.409. The van der Waals surface area contributed by atoms with Crippen LogP contribution >= 0.6 is 0 Å². The van der Waals surface area contributed by atoms with Crippen LogP contribution in [0.3, 0.4) is 0 Å². The number of ketones is 1. The van der Waals surface area contributed by atoms with Gasteiger partial charge in [-0.1, -0.05) is 48.5 Å². The van der Waals surface area contributed by atoms with Crippen LogP contribution in [-0.4, -0.2) is 77.9 Å². The van der Waals surface area contributed by atoms with Gasteiger partial charge < -0.3 is 10.1 Å². The third kappa shape index (κ3) is 7.26. The average Bonchev–Trinajstić information content (AvgIpc) is 3.01. The van der Waals surface area contributed by atoms with E-state index in [2.05, 4.69) is 4.74 Å². The maximum Gasteiger partial charge on any atom is 0.460 e. The van der Waals surface area contributed by atoms with Gasteiger partial charge >= 0.3 is 53.6 Å². The van der Waals surface area contributed by atoms with Gasteiger partial charge in [-0.15, -0.1) is 0 Å². The third-order valence-corrected chi connectivity index (χ3v) is 6.53. The van der Waals surface area contributed by atoms with E-state index < -0.39 is 90.8 Å². The number of benzene rings is 2. The first-order valence-electron chi connectivity index (χ1n) is 12.9. The van der Waals surface area contributed by atoms with Gasteiger partial charge in [-0.3, -0.25) is 9.59 Å². The monoisotopic (exact) mass is 743 g/mol. The standard InChI is InChI=1S/C27H18F17NO4/c28-20(29,21(30,31)22(32,33)23(34,35)24(36,37)25(38,39)26(40,41)27(42,43)44)12-7-13-49-19(48)16(17(46)14-8-3-1-4-9-14)45-18(47)15-10-5-2-6-11-15/h1-6,8-11,16H,7,12-13H2,(H,45,47). The molecule has 2 aromatic rings. The molecule has 274 valence electrons. The second-order valence-electron chi connectivity index (χ2n) is 9.92. The van der Waals surface area contributed by atoms with E-state index in [9.17, 15) is 89.0 Å². The molecule has 2 rings (SSSR count). The van der Waals surface area contributed by atoms with Gasteiger partial charge in [0.2, 0.25) is 0 Å². The molecule has 0 bridgehead atoms. The summed E-state index contributed by atoms with van der Waals surface area (Å²) in [7, 11) is 0. The molecule has 0 spiro atoms. The Morgan fingerprint density at radius 2 is 0.939 bits per heavy atom. The fourth-order valence-electron chi connectivity index (χ4n) is 3.71. The lowest BCUT2D eigenvalue weighted by Gasteiger charge is -2.42. The molecule has 0 aliphatic heterocycles. The molecule has 0 heterocycles. The number of nitrogens with one attached hydrogen (secondary N) is 1. The van der Waals surface area contributed by atoms with Crippen molar-refractivity contribution in [2.24, 2.45) is 0 Å². The van der Waals surface area contributed by atoms with Crippen LogP contribution in [0.5, 0.6) is 0 Å². The van der Waals surface area contributed by atoms with Gasteiger partial charge in [0.15, 0.2) is 11.8 Å². The van der Waals surface area contributed by atoms with Crippen LogP contribution < -0.4 is 5.32 Å². The van der Waals surface area contributed by atoms with Crippen molar-refractivity contribution in [3.05, 3.63) is 71.8 Å². The summed E-state index contributed by atoms with van der Waals surface area (Å²) in [6, 6.07) is 10.5. The van der Waals surface area contributed by atoms with Gasteiger partial charge in [0.05, 0.1) is 6.61 Å². The number of alkyl halides is 17. The summed E-state index contributed by atoms with van der Waals surface area (Å²) in [5.74, 6) is -61.4. The number of amides is 1. The minimum absolute atomic E-state index is 0.147. The average molecular weight is 743 g/mol. The Hall–Kier alpha value is -4.14. The topological polar surface area (TPSA) is 72.5 Å². The Balaban J connectivity index is 2.27. The Kier molecular flexibility index (Phi) is 11.4. The first-order chi connectivity index (χ1) is 22.0. The molecule has 2 aromatic carbocycles. The van der Waals surface area contributed by atoms with Gasteiger partial charge in [0, 0.05) is 17.5 Å². The second kappa shape index (κ2) is 13.6. The second-order valence-corrected chi connectivity index (χ2v) is 9.92. The lowest BCUT2D eigenvalue weighted by atomic mass is 9.88. The largest absolute Gasteiger partial charge is 0.464 e. The molecule has 0 radical (unpaired) electrons. The highest BCUT2D eigenvalue weighted by atomic mass is 19.4. The quantitative estimate of drug-likeness (QED) is 0.0661. The van der Waals surface area contributed by atoms with Crippen molar-refractivity contribution in [1.82, 2.24) is 5.32 Å². The van der Waals surface area contributed by atoms with E-state index in [1.807, 2.05) is 5.32 Å². The minimum Gasteiger partial charge on any atom is -0.464 e. The summed E-state index contributed by atoms with van der Waals surface area (Å²) in [5, 5.41) is 1.93. The Labute approximate surface area is 262 Å². The van der Waals surface area contributed by atoms with Crippen LogP contribution in [0.2, 0.25) is 0 Å². The number of halogens is 17. The van der Waals surface area contributed by atoms with Crippen molar-refractivity contribution in [3.63, 3.8) is 0 Å². The molecule has 0 aliphatic carbocycles. The third-order valence-electron chi connectivity index (χ3n) is 6.53. The van der Waals surface area contributed by atoms with E-state index in [1.54, 1.807) is 0 Å². The van der Waals surface area contributed by atoms with E-state index in [0.29, 0.717) is 0 Å². The predicted octanol–water partition coefficient (Wildman–Crippen LogP) is 8.00. The first kappa shape index (κ1) is 41.0. The van der Waals surface area contributed by atoms with E-state index in [1.165, 1.54) is 48.5 Å². The number of carbonyl (C=O) groups is 3. The zero-order valence-corrected chi connectivity index (χ0v) is 23.5. The first-order valence-corrected chi connectivity index (χ1v) is 12.9. The predicted molar refractivity (Wildman–Crippen MR) is 129 cm³/mol. The summed E-state index contributed by atoms with van der Waals surface area (Å²) in [4.78, 5) is 37.9. The molecule has 0 saturated carbocycles. The summed E-state index contributed by atoms with van der Waals surface area (Å²) < 4.78 is 233. The zero-order chi connectivity index (χ0) is 38.1. The van der Waals surface area contributed by atoms with Crippen molar-refractivity contribution in [2.45, 2.75) is 66.5 Å². The van der Waals surface area contributed by atoms with Crippen molar-refractivity contribution in [1.29, 1.82) is 0 Å². The zero-order valence-electron chi connectivity index (χ0n) is 23.5. The van der Waals surface area contributed by atoms with Crippen molar-refractivity contribution >= 4 is 17.7 Å². The fourth-order valence-corrected chi connectivity index (χ4v) is 3.71. The molecule has 5 nitrogen and oxygen atoms in total. The van der Waals surface area contributed by atoms with Crippen LogP contribution in [0.1, 0.15) is 33.6 Å². The highest BCUT2D eigenvalue weighted by Crippen LogP contribution is 2.64. The van der Waals surface area contributed by atoms with Gasteiger partial charge in [-0.2, -0.15) is 74.6 Å².